The summed E-state index contributed by atoms with van der Waals surface area (Å²) in [6.07, 6.45) is 0. The fraction of sp³-hybridized carbons (Fsp3) is 0.333. The predicted octanol–water partition coefficient (Wildman–Crippen LogP) is 2.45. The highest BCUT2D eigenvalue weighted by molar-refractivity contribution is 7.20. The van der Waals surface area contributed by atoms with Gasteiger partial charge in [-0.1, -0.05) is 11.6 Å². The molecular formula is C9H10ClNO3S. The van der Waals surface area contributed by atoms with Gasteiger partial charge in [0.2, 0.25) is 5.91 Å². The van der Waals surface area contributed by atoms with Gasteiger partial charge in [0.15, 0.2) is 0 Å². The SMILES string of the molecule is COC(=O)c1c(NC(C)=O)sc(Cl)c1C. The third kappa shape index (κ3) is 2.49. The van der Waals surface area contributed by atoms with Crippen LogP contribution in [0.2, 0.25) is 4.34 Å². The third-order valence-corrected chi connectivity index (χ3v) is 3.28. The Labute approximate surface area is 96.2 Å². The van der Waals surface area contributed by atoms with Crippen molar-refractivity contribution in [1.29, 1.82) is 0 Å². The Bertz CT molecular complexity index is 414. The molecule has 0 aromatic carbocycles. The Morgan fingerprint density at radius 2 is 2.07 bits per heavy atom. The zero-order valence-electron chi connectivity index (χ0n) is 8.51. The fourth-order valence-electron chi connectivity index (χ4n) is 1.08. The second-order valence-corrected chi connectivity index (χ2v) is 4.50. The van der Waals surface area contributed by atoms with Crippen molar-refractivity contribution in [2.45, 2.75) is 13.8 Å². The van der Waals surface area contributed by atoms with Crippen LogP contribution >= 0.6 is 22.9 Å². The topological polar surface area (TPSA) is 55.4 Å². The van der Waals surface area contributed by atoms with E-state index in [1.165, 1.54) is 14.0 Å². The van der Waals surface area contributed by atoms with Crippen LogP contribution in [-0.4, -0.2) is 19.0 Å². The summed E-state index contributed by atoms with van der Waals surface area (Å²) in [6.45, 7) is 3.07. The van der Waals surface area contributed by atoms with E-state index in [2.05, 4.69) is 10.1 Å². The van der Waals surface area contributed by atoms with Crippen LogP contribution in [0, 0.1) is 6.92 Å². The van der Waals surface area contributed by atoms with Crippen molar-refractivity contribution >= 4 is 39.8 Å². The van der Waals surface area contributed by atoms with Crippen molar-refractivity contribution in [3.63, 3.8) is 0 Å². The number of hydrogen-bond donors (Lipinski definition) is 1. The van der Waals surface area contributed by atoms with Gasteiger partial charge >= 0.3 is 5.97 Å². The molecule has 6 heteroatoms. The van der Waals surface area contributed by atoms with E-state index < -0.39 is 5.97 Å². The summed E-state index contributed by atoms with van der Waals surface area (Å²) < 4.78 is 5.08. The average Bonchev–Trinajstić information content (AvgIpc) is 2.41. The molecule has 0 atom stereocenters. The van der Waals surface area contributed by atoms with Crippen molar-refractivity contribution < 1.29 is 14.3 Å². The van der Waals surface area contributed by atoms with Gasteiger partial charge in [0.25, 0.3) is 0 Å². The molecule has 0 saturated heterocycles. The Morgan fingerprint density at radius 1 is 1.47 bits per heavy atom. The molecule has 0 aliphatic heterocycles. The molecule has 4 nitrogen and oxygen atoms in total. The number of amides is 1. The third-order valence-electron chi connectivity index (χ3n) is 1.77. The van der Waals surface area contributed by atoms with Crippen molar-refractivity contribution in [3.05, 3.63) is 15.5 Å². The molecule has 0 unspecified atom stereocenters. The van der Waals surface area contributed by atoms with Gasteiger partial charge in [-0.15, -0.1) is 11.3 Å². The molecule has 0 spiro atoms. The number of hydrogen-bond acceptors (Lipinski definition) is 4. The van der Waals surface area contributed by atoms with Gasteiger partial charge in [-0.25, -0.2) is 4.79 Å². The van der Waals surface area contributed by atoms with E-state index in [1.807, 2.05) is 0 Å². The second-order valence-electron chi connectivity index (χ2n) is 2.88. The quantitative estimate of drug-likeness (QED) is 0.817. The second kappa shape index (κ2) is 4.63. The highest BCUT2D eigenvalue weighted by atomic mass is 35.5. The number of methoxy groups -OCH3 is 1. The number of carbonyl (C=O) groups is 2. The van der Waals surface area contributed by atoms with Crippen LogP contribution in [0.1, 0.15) is 22.8 Å². The average molecular weight is 248 g/mol. The van der Waals surface area contributed by atoms with Crippen molar-refractivity contribution in [3.8, 4) is 0 Å². The van der Waals surface area contributed by atoms with Crippen LogP contribution in [0.3, 0.4) is 0 Å². The molecule has 1 aromatic heterocycles. The Hall–Kier alpha value is -1.07. The molecule has 1 N–H and O–H groups in total. The van der Waals surface area contributed by atoms with Gasteiger partial charge < -0.3 is 10.1 Å². The molecular weight excluding hydrogens is 238 g/mol. The van der Waals surface area contributed by atoms with Gasteiger partial charge in [0.05, 0.1) is 17.0 Å². The lowest BCUT2D eigenvalue weighted by atomic mass is 10.2. The number of nitrogens with one attached hydrogen (secondary N) is 1. The van der Waals surface area contributed by atoms with Gasteiger partial charge in [0.1, 0.15) is 5.00 Å². The standard InChI is InChI=1S/C9H10ClNO3S/c1-4-6(9(13)14-3)8(11-5(2)12)15-7(4)10/h1-3H3,(H,11,12). The van der Waals surface area contributed by atoms with E-state index in [0.717, 1.165) is 11.3 Å². The fourth-order valence-corrected chi connectivity index (χ4v) is 2.38. The lowest BCUT2D eigenvalue weighted by Crippen LogP contribution is -2.10. The summed E-state index contributed by atoms with van der Waals surface area (Å²) >= 11 is 7.02. The van der Waals surface area contributed by atoms with Crippen LogP contribution in [-0.2, 0) is 9.53 Å². The maximum absolute atomic E-state index is 11.4. The Morgan fingerprint density at radius 3 is 2.53 bits per heavy atom. The zero-order valence-corrected chi connectivity index (χ0v) is 10.1. The summed E-state index contributed by atoms with van der Waals surface area (Å²) in [5, 5.41) is 2.97. The first-order chi connectivity index (χ1) is 6.97. The van der Waals surface area contributed by atoms with E-state index >= 15 is 0 Å². The van der Waals surface area contributed by atoms with Crippen molar-refractivity contribution in [2.24, 2.45) is 0 Å². The molecule has 0 radical (unpaired) electrons. The van der Waals surface area contributed by atoms with E-state index in [9.17, 15) is 9.59 Å². The summed E-state index contributed by atoms with van der Waals surface area (Å²) in [6, 6.07) is 0. The Balaban J connectivity index is 3.20. The molecule has 0 aliphatic rings. The van der Waals surface area contributed by atoms with Crippen molar-refractivity contribution in [2.75, 3.05) is 12.4 Å². The molecule has 1 rings (SSSR count). The predicted molar refractivity (Wildman–Crippen MR) is 59.7 cm³/mol. The van der Waals surface area contributed by atoms with Crippen LogP contribution in [0.15, 0.2) is 0 Å². The van der Waals surface area contributed by atoms with Gasteiger partial charge in [-0.2, -0.15) is 0 Å². The first-order valence-electron chi connectivity index (χ1n) is 4.12. The van der Waals surface area contributed by atoms with Crippen LogP contribution in [0.5, 0.6) is 0 Å². The van der Waals surface area contributed by atoms with E-state index in [1.54, 1.807) is 6.92 Å². The van der Waals surface area contributed by atoms with Gasteiger partial charge in [-0.05, 0) is 12.5 Å². The molecule has 82 valence electrons. The minimum atomic E-state index is -0.501. The highest BCUT2D eigenvalue weighted by Crippen LogP contribution is 2.36. The molecule has 1 aromatic rings. The van der Waals surface area contributed by atoms with Gasteiger partial charge in [-0.3, -0.25) is 4.79 Å². The zero-order chi connectivity index (χ0) is 11.6. The number of thiophene rings is 1. The van der Waals surface area contributed by atoms with Crippen LogP contribution in [0.4, 0.5) is 5.00 Å². The minimum Gasteiger partial charge on any atom is -0.465 e. The van der Waals surface area contributed by atoms with E-state index in [0.29, 0.717) is 20.5 Å². The first-order valence-corrected chi connectivity index (χ1v) is 5.31. The van der Waals surface area contributed by atoms with E-state index in [4.69, 9.17) is 11.6 Å². The maximum Gasteiger partial charge on any atom is 0.341 e. The highest BCUT2D eigenvalue weighted by Gasteiger charge is 2.21. The lowest BCUT2D eigenvalue weighted by Gasteiger charge is -2.02. The summed E-state index contributed by atoms with van der Waals surface area (Å²) in [7, 11) is 1.28. The molecule has 0 bridgehead atoms. The van der Waals surface area contributed by atoms with Gasteiger partial charge in [0, 0.05) is 6.92 Å². The lowest BCUT2D eigenvalue weighted by molar-refractivity contribution is -0.114. The smallest absolute Gasteiger partial charge is 0.341 e. The number of rotatable bonds is 2. The number of anilines is 1. The summed E-state index contributed by atoms with van der Waals surface area (Å²) in [5.41, 5.74) is 0.944. The summed E-state index contributed by atoms with van der Waals surface area (Å²) in [4.78, 5) is 22.3. The van der Waals surface area contributed by atoms with E-state index in [-0.39, 0.29) is 5.91 Å². The molecule has 1 amide bonds. The number of carbonyl (C=O) groups excluding carboxylic acids is 2. The molecule has 0 aliphatic carbocycles. The molecule has 0 fully saturated rings. The van der Waals surface area contributed by atoms with Crippen LogP contribution < -0.4 is 5.32 Å². The maximum atomic E-state index is 11.4. The Kier molecular flexibility index (Phi) is 3.71. The normalized spacial score (nSPS) is 9.87. The molecule has 15 heavy (non-hydrogen) atoms. The van der Waals surface area contributed by atoms with Crippen molar-refractivity contribution in [1.82, 2.24) is 0 Å². The summed E-state index contributed by atoms with van der Waals surface area (Å²) in [5.74, 6) is -0.752. The van der Waals surface area contributed by atoms with Crippen LogP contribution in [0.25, 0.3) is 0 Å². The number of halogens is 1. The minimum absolute atomic E-state index is 0.252. The molecule has 0 saturated carbocycles. The number of esters is 1. The monoisotopic (exact) mass is 247 g/mol. The first kappa shape index (κ1) is 12.0. The molecule has 1 heterocycles. The largest absolute Gasteiger partial charge is 0.465 e. The number of ether oxygens (including phenoxy) is 1.